The molecule has 0 N–H and O–H groups in total. The Morgan fingerprint density at radius 2 is 2.05 bits per heavy atom. The second-order valence-electron chi connectivity index (χ2n) is 4.72. The van der Waals surface area contributed by atoms with Crippen LogP contribution in [0, 0.1) is 27.3 Å². The summed E-state index contributed by atoms with van der Waals surface area (Å²) in [5, 5.41) is 19.9. The van der Waals surface area contributed by atoms with Crippen LogP contribution in [0.2, 0.25) is 0 Å². The van der Waals surface area contributed by atoms with E-state index >= 15 is 0 Å². The monoisotopic (exact) mass is 278 g/mol. The Bertz CT molecular complexity index is 550. The van der Waals surface area contributed by atoms with Gasteiger partial charge in [-0.2, -0.15) is 5.26 Å². The molecule has 106 valence electrons. The smallest absolute Gasteiger partial charge is 0.292 e. The summed E-state index contributed by atoms with van der Waals surface area (Å²) in [6.45, 7) is 4.15. The Hall–Kier alpha value is -2.20. The highest BCUT2D eigenvalue weighted by Crippen LogP contribution is 2.29. The third-order valence-electron chi connectivity index (χ3n) is 3.52. The van der Waals surface area contributed by atoms with Gasteiger partial charge in [-0.05, 0) is 13.0 Å². The fourth-order valence-corrected chi connectivity index (χ4v) is 2.34. The first-order valence-electron chi connectivity index (χ1n) is 6.35. The molecule has 0 aliphatic carbocycles. The maximum atomic E-state index is 13.3. The van der Waals surface area contributed by atoms with Crippen LogP contribution in [-0.4, -0.2) is 42.0 Å². The standard InChI is InChI=1S/C13H15FN4O2/c1-10(9-15)16-4-6-17(7-5-16)13-8-11(14)2-3-12(13)18(19)20/h2-3,8,10H,4-7H2,1H3. The zero-order chi connectivity index (χ0) is 14.7. The number of piperazine rings is 1. The third kappa shape index (κ3) is 2.86. The lowest BCUT2D eigenvalue weighted by Crippen LogP contribution is -2.49. The van der Waals surface area contributed by atoms with E-state index in [9.17, 15) is 14.5 Å². The third-order valence-corrected chi connectivity index (χ3v) is 3.52. The molecule has 0 spiro atoms. The summed E-state index contributed by atoms with van der Waals surface area (Å²) >= 11 is 0. The van der Waals surface area contributed by atoms with Gasteiger partial charge < -0.3 is 4.90 Å². The van der Waals surface area contributed by atoms with E-state index < -0.39 is 10.7 Å². The van der Waals surface area contributed by atoms with Gasteiger partial charge in [0.25, 0.3) is 5.69 Å². The molecule has 0 bridgehead atoms. The van der Waals surface area contributed by atoms with E-state index in [1.54, 1.807) is 4.90 Å². The first kappa shape index (κ1) is 14.2. The molecule has 1 fully saturated rings. The molecule has 0 amide bonds. The minimum atomic E-state index is -0.501. The molecule has 1 aromatic carbocycles. The lowest BCUT2D eigenvalue weighted by molar-refractivity contribution is -0.384. The predicted octanol–water partition coefficient (Wildman–Crippen LogP) is 1.77. The van der Waals surface area contributed by atoms with Crippen molar-refractivity contribution in [3.8, 4) is 6.07 Å². The molecule has 7 heteroatoms. The van der Waals surface area contributed by atoms with Crippen molar-refractivity contribution in [2.45, 2.75) is 13.0 Å². The van der Waals surface area contributed by atoms with E-state index in [0.29, 0.717) is 31.9 Å². The summed E-state index contributed by atoms with van der Waals surface area (Å²) in [6.07, 6.45) is 0. The fourth-order valence-electron chi connectivity index (χ4n) is 2.34. The van der Waals surface area contributed by atoms with Crippen LogP contribution in [0.3, 0.4) is 0 Å². The first-order valence-corrected chi connectivity index (χ1v) is 6.35. The van der Waals surface area contributed by atoms with E-state index in [1.165, 1.54) is 12.1 Å². The molecule has 1 aliphatic rings. The number of anilines is 1. The average molecular weight is 278 g/mol. The van der Waals surface area contributed by atoms with Crippen LogP contribution in [0.5, 0.6) is 0 Å². The summed E-state index contributed by atoms with van der Waals surface area (Å²) in [4.78, 5) is 14.3. The normalized spacial score (nSPS) is 17.6. The van der Waals surface area contributed by atoms with Crippen LogP contribution in [0.4, 0.5) is 15.8 Å². The number of hydrogen-bond donors (Lipinski definition) is 0. The van der Waals surface area contributed by atoms with Gasteiger partial charge in [0.2, 0.25) is 0 Å². The van der Waals surface area contributed by atoms with Crippen molar-refractivity contribution in [1.82, 2.24) is 4.90 Å². The molecule has 1 saturated heterocycles. The summed E-state index contributed by atoms with van der Waals surface area (Å²) in [7, 11) is 0. The number of nitriles is 1. The molecular formula is C13H15FN4O2. The molecule has 1 aliphatic heterocycles. The van der Waals surface area contributed by atoms with E-state index in [-0.39, 0.29) is 11.7 Å². The molecule has 1 atom stereocenters. The summed E-state index contributed by atoms with van der Waals surface area (Å²) in [6, 6.07) is 5.46. The molecule has 0 radical (unpaired) electrons. The molecule has 0 saturated carbocycles. The number of benzene rings is 1. The Morgan fingerprint density at radius 1 is 1.40 bits per heavy atom. The van der Waals surface area contributed by atoms with Crippen molar-refractivity contribution >= 4 is 11.4 Å². The minimum absolute atomic E-state index is 0.0896. The van der Waals surface area contributed by atoms with Crippen molar-refractivity contribution in [2.24, 2.45) is 0 Å². The quantitative estimate of drug-likeness (QED) is 0.622. The van der Waals surface area contributed by atoms with Gasteiger partial charge in [0.1, 0.15) is 11.5 Å². The van der Waals surface area contributed by atoms with Crippen LogP contribution >= 0.6 is 0 Å². The Labute approximate surface area is 116 Å². The zero-order valence-corrected chi connectivity index (χ0v) is 11.1. The maximum absolute atomic E-state index is 13.3. The fraction of sp³-hybridized carbons (Fsp3) is 0.462. The van der Waals surface area contributed by atoms with E-state index in [4.69, 9.17) is 5.26 Å². The van der Waals surface area contributed by atoms with Gasteiger partial charge in [-0.25, -0.2) is 4.39 Å². The maximum Gasteiger partial charge on any atom is 0.292 e. The van der Waals surface area contributed by atoms with Gasteiger partial charge in [0.15, 0.2) is 0 Å². The van der Waals surface area contributed by atoms with Gasteiger partial charge in [-0.3, -0.25) is 15.0 Å². The van der Waals surface area contributed by atoms with Crippen molar-refractivity contribution in [2.75, 3.05) is 31.1 Å². The lowest BCUT2D eigenvalue weighted by atomic mass is 10.2. The number of nitro benzene ring substituents is 1. The van der Waals surface area contributed by atoms with E-state index in [2.05, 4.69) is 6.07 Å². The van der Waals surface area contributed by atoms with Crippen molar-refractivity contribution in [1.29, 1.82) is 5.26 Å². The molecule has 0 aromatic heterocycles. The number of rotatable bonds is 3. The molecule has 20 heavy (non-hydrogen) atoms. The second-order valence-corrected chi connectivity index (χ2v) is 4.72. The van der Waals surface area contributed by atoms with Crippen molar-refractivity contribution < 1.29 is 9.31 Å². The highest BCUT2D eigenvalue weighted by Gasteiger charge is 2.25. The minimum Gasteiger partial charge on any atom is -0.363 e. The van der Waals surface area contributed by atoms with Crippen LogP contribution < -0.4 is 4.90 Å². The number of nitrogens with zero attached hydrogens (tertiary/aromatic N) is 4. The van der Waals surface area contributed by atoms with E-state index in [0.717, 1.165) is 6.07 Å². The molecule has 1 heterocycles. The lowest BCUT2D eigenvalue weighted by Gasteiger charge is -2.36. The summed E-state index contributed by atoms with van der Waals surface area (Å²) < 4.78 is 13.3. The van der Waals surface area contributed by atoms with Gasteiger partial charge in [-0.15, -0.1) is 0 Å². The predicted molar refractivity (Wildman–Crippen MR) is 71.9 cm³/mol. The Kier molecular flexibility index (Phi) is 4.15. The molecule has 1 unspecified atom stereocenters. The van der Waals surface area contributed by atoms with Gasteiger partial charge in [-0.1, -0.05) is 0 Å². The van der Waals surface area contributed by atoms with Crippen molar-refractivity contribution in [3.05, 3.63) is 34.1 Å². The number of hydrogen-bond acceptors (Lipinski definition) is 5. The average Bonchev–Trinajstić information content (AvgIpc) is 2.46. The van der Waals surface area contributed by atoms with Gasteiger partial charge in [0.05, 0.1) is 17.0 Å². The van der Waals surface area contributed by atoms with Crippen LogP contribution in [0.1, 0.15) is 6.92 Å². The first-order chi connectivity index (χ1) is 9.52. The highest BCUT2D eigenvalue weighted by atomic mass is 19.1. The van der Waals surface area contributed by atoms with Crippen LogP contribution in [-0.2, 0) is 0 Å². The molecule has 2 rings (SSSR count). The largest absolute Gasteiger partial charge is 0.363 e. The van der Waals surface area contributed by atoms with E-state index in [1.807, 2.05) is 11.8 Å². The molecular weight excluding hydrogens is 263 g/mol. The van der Waals surface area contributed by atoms with Crippen LogP contribution in [0.25, 0.3) is 0 Å². The Balaban J connectivity index is 2.17. The van der Waals surface area contributed by atoms with Crippen molar-refractivity contribution in [3.63, 3.8) is 0 Å². The SMILES string of the molecule is CC(C#N)N1CCN(c2cc(F)ccc2[N+](=O)[O-])CC1. The number of nitro groups is 1. The highest BCUT2D eigenvalue weighted by molar-refractivity contribution is 5.63. The second kappa shape index (κ2) is 5.84. The number of halogens is 1. The topological polar surface area (TPSA) is 73.4 Å². The summed E-state index contributed by atoms with van der Waals surface area (Å²) in [5.41, 5.74) is 0.215. The van der Waals surface area contributed by atoms with Gasteiger partial charge >= 0.3 is 0 Å². The molecule has 1 aromatic rings. The van der Waals surface area contributed by atoms with Crippen LogP contribution in [0.15, 0.2) is 18.2 Å². The van der Waals surface area contributed by atoms with Gasteiger partial charge in [0, 0.05) is 38.3 Å². The molecule has 6 nitrogen and oxygen atoms in total. The Morgan fingerprint density at radius 3 is 2.60 bits per heavy atom. The summed E-state index contributed by atoms with van der Waals surface area (Å²) in [5.74, 6) is -0.488. The zero-order valence-electron chi connectivity index (χ0n) is 11.1.